The first-order chi connectivity index (χ1) is 15.9. The first-order valence-electron chi connectivity index (χ1n) is 10.7. The lowest BCUT2D eigenvalue weighted by atomic mass is 10.0. The summed E-state index contributed by atoms with van der Waals surface area (Å²) in [4.78, 5) is 18.8. The molecule has 1 aliphatic heterocycles. The van der Waals surface area contributed by atoms with Gasteiger partial charge in [-0.1, -0.05) is 30.0 Å². The number of aryl methyl sites for hydroxylation is 1. The molecule has 0 bridgehead atoms. The number of rotatable bonds is 7. The number of ether oxygens (including phenoxy) is 1. The molecule has 2 aromatic carbocycles. The maximum Gasteiger partial charge on any atom is 0.416 e. The van der Waals surface area contributed by atoms with Gasteiger partial charge in [-0.05, 0) is 36.8 Å². The lowest BCUT2D eigenvalue weighted by Gasteiger charge is -2.29. The molecule has 0 aliphatic carbocycles. The van der Waals surface area contributed by atoms with E-state index < -0.39 is 11.7 Å². The highest BCUT2D eigenvalue weighted by Crippen LogP contribution is 2.35. The summed E-state index contributed by atoms with van der Waals surface area (Å²) in [5.74, 6) is -0.281. The number of hydrogen-bond acceptors (Lipinski definition) is 5. The van der Waals surface area contributed by atoms with Crippen LogP contribution in [0, 0.1) is 0 Å². The van der Waals surface area contributed by atoms with E-state index in [4.69, 9.17) is 4.74 Å². The largest absolute Gasteiger partial charge is 0.416 e. The van der Waals surface area contributed by atoms with Gasteiger partial charge in [-0.3, -0.25) is 4.79 Å². The molecule has 0 spiro atoms. The molecule has 1 amide bonds. The topological polar surface area (TPSA) is 59.4 Å². The third-order valence-corrected chi connectivity index (χ3v) is 6.50. The van der Waals surface area contributed by atoms with Crippen LogP contribution in [-0.4, -0.2) is 47.5 Å². The minimum Gasteiger partial charge on any atom is -0.378 e. The number of halogens is 3. The maximum absolute atomic E-state index is 13.7. The standard InChI is InChI=1S/C23H25F3N4O2S/c1-2-30-20-6-4-3-5-19(20)28-22(30)33-15-21(31)27-14-16-7-8-17(13-18(16)23(24,25)26)29-9-11-32-12-10-29/h3-8,13H,2,9-12,14-15H2,1H3,(H,27,31). The van der Waals surface area contributed by atoms with E-state index in [1.165, 1.54) is 17.8 Å². The van der Waals surface area contributed by atoms with Crippen molar-refractivity contribution in [1.82, 2.24) is 14.9 Å². The summed E-state index contributed by atoms with van der Waals surface area (Å²) >= 11 is 1.27. The molecule has 0 atom stereocenters. The lowest BCUT2D eigenvalue weighted by Crippen LogP contribution is -2.36. The van der Waals surface area contributed by atoms with Crippen LogP contribution in [0.2, 0.25) is 0 Å². The molecule has 0 unspecified atom stereocenters. The second-order valence-corrected chi connectivity index (χ2v) is 8.57. The van der Waals surface area contributed by atoms with E-state index in [1.54, 1.807) is 6.07 Å². The summed E-state index contributed by atoms with van der Waals surface area (Å²) in [6.07, 6.45) is -4.51. The molecule has 33 heavy (non-hydrogen) atoms. The number of imidazole rings is 1. The van der Waals surface area contributed by atoms with E-state index >= 15 is 0 Å². The van der Waals surface area contributed by atoms with Crippen molar-refractivity contribution in [1.29, 1.82) is 0 Å². The predicted molar refractivity (Wildman–Crippen MR) is 122 cm³/mol. The predicted octanol–water partition coefficient (Wildman–Crippen LogP) is 4.32. The summed E-state index contributed by atoms with van der Waals surface area (Å²) in [6, 6.07) is 12.0. The zero-order valence-electron chi connectivity index (χ0n) is 18.2. The highest BCUT2D eigenvalue weighted by molar-refractivity contribution is 7.99. The Morgan fingerprint density at radius 3 is 2.67 bits per heavy atom. The molecule has 176 valence electrons. The number of thioether (sulfide) groups is 1. The van der Waals surface area contributed by atoms with Crippen molar-refractivity contribution in [3.05, 3.63) is 53.6 Å². The first kappa shape index (κ1) is 23.4. The highest BCUT2D eigenvalue weighted by atomic mass is 32.2. The Kier molecular flexibility index (Phi) is 7.14. The molecule has 1 aromatic heterocycles. The molecular weight excluding hydrogens is 453 g/mol. The summed E-state index contributed by atoms with van der Waals surface area (Å²) in [6.45, 7) is 4.58. The monoisotopic (exact) mass is 478 g/mol. The Morgan fingerprint density at radius 1 is 1.18 bits per heavy atom. The SMILES string of the molecule is CCn1c(SCC(=O)NCc2ccc(N3CCOCC3)cc2C(F)(F)F)nc2ccccc21. The summed E-state index contributed by atoms with van der Waals surface area (Å²) in [5, 5.41) is 3.33. The van der Waals surface area contributed by atoms with Crippen LogP contribution in [0.4, 0.5) is 18.9 Å². The third kappa shape index (κ3) is 5.44. The minimum absolute atomic E-state index is 0.0404. The molecule has 2 heterocycles. The van der Waals surface area contributed by atoms with Crippen molar-refractivity contribution >= 4 is 34.4 Å². The number of para-hydroxylation sites is 2. The molecule has 3 aromatic rings. The zero-order chi connectivity index (χ0) is 23.4. The number of anilines is 1. The summed E-state index contributed by atoms with van der Waals surface area (Å²) in [7, 11) is 0. The van der Waals surface area contributed by atoms with Gasteiger partial charge in [-0.15, -0.1) is 0 Å². The Morgan fingerprint density at radius 2 is 1.94 bits per heavy atom. The first-order valence-corrected chi connectivity index (χ1v) is 11.7. The number of amides is 1. The molecule has 0 radical (unpaired) electrons. The number of carbonyl (C=O) groups excluding carboxylic acids is 1. The van der Waals surface area contributed by atoms with E-state index in [0.29, 0.717) is 43.7 Å². The number of fused-ring (bicyclic) bond motifs is 1. The van der Waals surface area contributed by atoms with Gasteiger partial charge in [0.05, 0.1) is 35.6 Å². The van der Waals surface area contributed by atoms with Gasteiger partial charge in [-0.25, -0.2) is 4.98 Å². The molecule has 1 aliphatic rings. The van der Waals surface area contributed by atoms with E-state index in [0.717, 1.165) is 17.1 Å². The number of hydrogen-bond donors (Lipinski definition) is 1. The van der Waals surface area contributed by atoms with Crippen molar-refractivity contribution in [3.8, 4) is 0 Å². The van der Waals surface area contributed by atoms with E-state index in [1.807, 2.05) is 40.7 Å². The van der Waals surface area contributed by atoms with Crippen molar-refractivity contribution < 1.29 is 22.7 Å². The van der Waals surface area contributed by atoms with Crippen LogP contribution < -0.4 is 10.2 Å². The Hall–Kier alpha value is -2.72. The molecule has 6 nitrogen and oxygen atoms in total. The Labute approximate surface area is 194 Å². The fraction of sp³-hybridized carbons (Fsp3) is 0.391. The van der Waals surface area contributed by atoms with Gasteiger partial charge in [0, 0.05) is 31.9 Å². The van der Waals surface area contributed by atoms with Crippen LogP contribution in [0.3, 0.4) is 0 Å². The lowest BCUT2D eigenvalue weighted by molar-refractivity contribution is -0.138. The van der Waals surface area contributed by atoms with Gasteiger partial charge in [-0.2, -0.15) is 13.2 Å². The van der Waals surface area contributed by atoms with Gasteiger partial charge in [0.25, 0.3) is 0 Å². The number of nitrogens with zero attached hydrogens (tertiary/aromatic N) is 3. The molecular formula is C23H25F3N4O2S. The Balaban J connectivity index is 1.41. The smallest absolute Gasteiger partial charge is 0.378 e. The van der Waals surface area contributed by atoms with E-state index in [2.05, 4.69) is 10.3 Å². The van der Waals surface area contributed by atoms with Crippen LogP contribution in [-0.2, 0) is 28.8 Å². The number of benzene rings is 2. The van der Waals surface area contributed by atoms with Crippen LogP contribution in [0.1, 0.15) is 18.1 Å². The molecule has 0 saturated carbocycles. The van der Waals surface area contributed by atoms with Crippen molar-refractivity contribution in [2.75, 3.05) is 37.0 Å². The van der Waals surface area contributed by atoms with Gasteiger partial charge >= 0.3 is 6.18 Å². The number of aromatic nitrogens is 2. The van der Waals surface area contributed by atoms with Crippen molar-refractivity contribution in [3.63, 3.8) is 0 Å². The molecule has 4 rings (SSSR count). The van der Waals surface area contributed by atoms with Crippen LogP contribution in [0.25, 0.3) is 11.0 Å². The van der Waals surface area contributed by atoms with Crippen LogP contribution >= 0.6 is 11.8 Å². The average molecular weight is 479 g/mol. The fourth-order valence-electron chi connectivity index (χ4n) is 3.84. The van der Waals surface area contributed by atoms with Crippen molar-refractivity contribution in [2.24, 2.45) is 0 Å². The van der Waals surface area contributed by atoms with E-state index in [9.17, 15) is 18.0 Å². The van der Waals surface area contributed by atoms with Gasteiger partial charge in [0.2, 0.25) is 5.91 Å². The second kappa shape index (κ2) is 10.0. The maximum atomic E-state index is 13.7. The number of carbonyl (C=O) groups is 1. The van der Waals surface area contributed by atoms with Crippen molar-refractivity contribution in [2.45, 2.75) is 31.3 Å². The average Bonchev–Trinajstić information content (AvgIpc) is 3.18. The summed E-state index contributed by atoms with van der Waals surface area (Å²) < 4.78 is 48.4. The molecule has 10 heteroatoms. The van der Waals surface area contributed by atoms with Crippen LogP contribution in [0.5, 0.6) is 0 Å². The summed E-state index contributed by atoms with van der Waals surface area (Å²) in [5.41, 5.74) is 1.65. The Bertz CT molecular complexity index is 1130. The number of morpholine rings is 1. The zero-order valence-corrected chi connectivity index (χ0v) is 19.0. The molecule has 1 saturated heterocycles. The minimum atomic E-state index is -4.51. The van der Waals surface area contributed by atoms with Gasteiger partial charge in [0.15, 0.2) is 5.16 Å². The quantitative estimate of drug-likeness (QED) is 0.513. The van der Waals surface area contributed by atoms with Gasteiger partial charge < -0.3 is 19.5 Å². The molecule has 1 fully saturated rings. The van der Waals surface area contributed by atoms with E-state index in [-0.39, 0.29) is 23.8 Å². The normalized spacial score (nSPS) is 14.6. The highest BCUT2D eigenvalue weighted by Gasteiger charge is 2.34. The second-order valence-electron chi connectivity index (χ2n) is 7.63. The van der Waals surface area contributed by atoms with Crippen LogP contribution in [0.15, 0.2) is 47.6 Å². The fourth-order valence-corrected chi connectivity index (χ4v) is 4.75. The molecule has 1 N–H and O–H groups in total. The third-order valence-electron chi connectivity index (χ3n) is 5.52. The van der Waals surface area contributed by atoms with Gasteiger partial charge in [0.1, 0.15) is 0 Å². The number of nitrogens with one attached hydrogen (secondary N) is 1. The number of alkyl halides is 3.